The van der Waals surface area contributed by atoms with E-state index in [0.717, 1.165) is 18.8 Å². The van der Waals surface area contributed by atoms with Crippen molar-refractivity contribution in [3.8, 4) is 5.75 Å². The first-order chi connectivity index (χ1) is 12.8. The van der Waals surface area contributed by atoms with E-state index in [2.05, 4.69) is 27.7 Å². The molecule has 0 radical (unpaired) electrons. The normalized spacial score (nSPS) is 25.9. The van der Waals surface area contributed by atoms with Gasteiger partial charge in [0.15, 0.2) is 14.9 Å². The van der Waals surface area contributed by atoms with Crippen LogP contribution in [0.1, 0.15) is 37.8 Å². The van der Waals surface area contributed by atoms with E-state index in [4.69, 9.17) is 17.0 Å². The maximum atomic E-state index is 11.8. The van der Waals surface area contributed by atoms with E-state index in [9.17, 15) is 8.42 Å². The van der Waals surface area contributed by atoms with Crippen LogP contribution in [0.3, 0.4) is 0 Å². The van der Waals surface area contributed by atoms with Crippen LogP contribution >= 0.6 is 12.2 Å². The molecule has 2 saturated heterocycles. The summed E-state index contributed by atoms with van der Waals surface area (Å²) in [6.45, 7) is 4.76. The van der Waals surface area contributed by atoms with Crippen LogP contribution in [0.15, 0.2) is 24.3 Å². The smallest absolute Gasteiger partial charge is 0.166 e. The first kappa shape index (κ1) is 20.4. The highest BCUT2D eigenvalue weighted by molar-refractivity contribution is 7.91. The molecular weight excluding hydrogens is 382 g/mol. The van der Waals surface area contributed by atoms with Crippen LogP contribution in [-0.4, -0.2) is 62.2 Å². The van der Waals surface area contributed by atoms with Crippen molar-refractivity contribution in [2.45, 2.75) is 37.8 Å². The Kier molecular flexibility index (Phi) is 6.28. The number of thiocarbonyl (C=S) groups is 1. The predicted octanol–water partition coefficient (Wildman–Crippen LogP) is 1.87. The Morgan fingerprint density at radius 3 is 2.52 bits per heavy atom. The van der Waals surface area contributed by atoms with Gasteiger partial charge in [0.25, 0.3) is 0 Å². The third-order valence-corrected chi connectivity index (χ3v) is 7.61. The molecule has 0 saturated carbocycles. The number of nitrogens with one attached hydrogen (secondary N) is 2. The lowest BCUT2D eigenvalue weighted by Gasteiger charge is -2.31. The Bertz CT molecular complexity index is 761. The monoisotopic (exact) mass is 411 g/mol. The molecule has 0 aromatic heterocycles. The molecule has 27 heavy (non-hydrogen) atoms. The summed E-state index contributed by atoms with van der Waals surface area (Å²) < 4.78 is 28.8. The molecule has 2 heterocycles. The highest BCUT2D eigenvalue weighted by Gasteiger charge is 2.38. The van der Waals surface area contributed by atoms with Crippen molar-refractivity contribution in [3.05, 3.63) is 29.8 Å². The van der Waals surface area contributed by atoms with Gasteiger partial charge in [-0.2, -0.15) is 0 Å². The Labute approximate surface area is 167 Å². The number of rotatable bonds is 6. The van der Waals surface area contributed by atoms with E-state index in [0.29, 0.717) is 18.1 Å². The fraction of sp³-hybridized carbons (Fsp3) is 0.632. The van der Waals surface area contributed by atoms with E-state index >= 15 is 0 Å². The van der Waals surface area contributed by atoms with Crippen molar-refractivity contribution in [3.63, 3.8) is 0 Å². The lowest BCUT2D eigenvalue weighted by molar-refractivity contribution is 0.245. The van der Waals surface area contributed by atoms with Crippen LogP contribution in [0.25, 0.3) is 0 Å². The summed E-state index contributed by atoms with van der Waals surface area (Å²) in [6, 6.07) is 8.40. The summed E-state index contributed by atoms with van der Waals surface area (Å²) in [5, 5.41) is 7.07. The summed E-state index contributed by atoms with van der Waals surface area (Å²) in [4.78, 5) is 2.47. The van der Waals surface area contributed by atoms with Crippen molar-refractivity contribution in [1.82, 2.24) is 15.5 Å². The van der Waals surface area contributed by atoms with Gasteiger partial charge in [-0.05, 0) is 69.2 Å². The molecule has 0 spiro atoms. The van der Waals surface area contributed by atoms with Gasteiger partial charge in [0.05, 0.1) is 30.2 Å². The molecule has 150 valence electrons. The zero-order valence-electron chi connectivity index (χ0n) is 16.0. The number of ether oxygens (including phenoxy) is 1. The standard InChI is InChI=1S/C19H29N3O3S2/c1-19(9-12-27(23,24)14-19)21-18(26)20-13-17(22-10-3-4-11-22)15-5-7-16(25-2)8-6-15/h5-8,17H,3-4,9-14H2,1-2H3,(H2,20,21,26)/t17-,19+/m1/s1. The van der Waals surface area contributed by atoms with Gasteiger partial charge in [-0.25, -0.2) is 8.42 Å². The number of benzene rings is 1. The summed E-state index contributed by atoms with van der Waals surface area (Å²) >= 11 is 5.46. The molecule has 6 nitrogen and oxygen atoms in total. The number of nitrogens with zero attached hydrogens (tertiary/aromatic N) is 1. The average Bonchev–Trinajstić information content (AvgIpc) is 3.23. The molecule has 0 unspecified atom stereocenters. The summed E-state index contributed by atoms with van der Waals surface area (Å²) in [7, 11) is -1.29. The average molecular weight is 412 g/mol. The van der Waals surface area contributed by atoms with Crippen molar-refractivity contribution >= 4 is 27.2 Å². The molecule has 3 rings (SSSR count). The van der Waals surface area contributed by atoms with Gasteiger partial charge in [0.2, 0.25) is 0 Å². The number of hydrogen-bond donors (Lipinski definition) is 2. The van der Waals surface area contributed by atoms with E-state index in [-0.39, 0.29) is 17.5 Å². The summed E-state index contributed by atoms with van der Waals surface area (Å²) in [5.74, 6) is 1.21. The van der Waals surface area contributed by atoms with Crippen molar-refractivity contribution in [2.24, 2.45) is 0 Å². The minimum atomic E-state index is -2.96. The van der Waals surface area contributed by atoms with Gasteiger partial charge in [0, 0.05) is 6.54 Å². The number of likely N-dealkylation sites (tertiary alicyclic amines) is 1. The quantitative estimate of drug-likeness (QED) is 0.693. The topological polar surface area (TPSA) is 70.7 Å². The van der Waals surface area contributed by atoms with Crippen molar-refractivity contribution in [1.29, 1.82) is 0 Å². The Balaban J connectivity index is 1.63. The third-order valence-electron chi connectivity index (χ3n) is 5.46. The Hall–Kier alpha value is -1.38. The second-order valence-corrected chi connectivity index (χ2v) is 10.4. The molecule has 2 aliphatic heterocycles. The molecule has 0 aliphatic carbocycles. The first-order valence-corrected chi connectivity index (χ1v) is 11.7. The highest BCUT2D eigenvalue weighted by Crippen LogP contribution is 2.26. The van der Waals surface area contributed by atoms with Crippen LogP contribution < -0.4 is 15.4 Å². The van der Waals surface area contributed by atoms with Crippen LogP contribution in [0.2, 0.25) is 0 Å². The van der Waals surface area contributed by atoms with Gasteiger partial charge < -0.3 is 15.4 Å². The van der Waals surface area contributed by atoms with Crippen molar-refractivity contribution in [2.75, 3.05) is 38.2 Å². The number of methoxy groups -OCH3 is 1. The second kappa shape index (κ2) is 8.32. The van der Waals surface area contributed by atoms with E-state index in [1.54, 1.807) is 7.11 Å². The van der Waals surface area contributed by atoms with Gasteiger partial charge in [-0.1, -0.05) is 12.1 Å². The highest BCUT2D eigenvalue weighted by atomic mass is 32.2. The molecule has 2 atom stereocenters. The molecule has 2 aliphatic rings. The Morgan fingerprint density at radius 2 is 1.96 bits per heavy atom. The van der Waals surface area contributed by atoms with Crippen LogP contribution in [0.5, 0.6) is 5.75 Å². The zero-order chi connectivity index (χ0) is 19.5. The molecule has 0 amide bonds. The molecule has 1 aromatic carbocycles. The largest absolute Gasteiger partial charge is 0.497 e. The number of hydrogen-bond acceptors (Lipinski definition) is 5. The van der Waals surface area contributed by atoms with Crippen LogP contribution in [0.4, 0.5) is 0 Å². The third kappa shape index (κ3) is 5.33. The maximum Gasteiger partial charge on any atom is 0.166 e. The summed E-state index contributed by atoms with van der Waals surface area (Å²) in [5.41, 5.74) is 0.745. The molecule has 1 aromatic rings. The first-order valence-electron chi connectivity index (χ1n) is 9.45. The van der Waals surface area contributed by atoms with Gasteiger partial charge in [-0.3, -0.25) is 4.90 Å². The summed E-state index contributed by atoms with van der Waals surface area (Å²) in [6.07, 6.45) is 3.02. The minimum absolute atomic E-state index is 0.135. The van der Waals surface area contributed by atoms with Crippen molar-refractivity contribution < 1.29 is 13.2 Å². The van der Waals surface area contributed by atoms with Gasteiger partial charge in [0.1, 0.15) is 5.75 Å². The van der Waals surface area contributed by atoms with Gasteiger partial charge >= 0.3 is 0 Å². The second-order valence-electron chi connectivity index (χ2n) is 7.77. The molecule has 2 fully saturated rings. The predicted molar refractivity (Wildman–Crippen MR) is 112 cm³/mol. The van der Waals surface area contributed by atoms with Crippen LogP contribution in [-0.2, 0) is 9.84 Å². The fourth-order valence-electron chi connectivity index (χ4n) is 3.95. The molecular formula is C19H29N3O3S2. The van der Waals surface area contributed by atoms with E-state index < -0.39 is 15.4 Å². The zero-order valence-corrected chi connectivity index (χ0v) is 17.7. The van der Waals surface area contributed by atoms with E-state index in [1.807, 2.05) is 19.1 Å². The van der Waals surface area contributed by atoms with E-state index in [1.165, 1.54) is 18.4 Å². The van der Waals surface area contributed by atoms with Gasteiger partial charge in [-0.15, -0.1) is 0 Å². The maximum absolute atomic E-state index is 11.8. The lowest BCUT2D eigenvalue weighted by Crippen LogP contribution is -2.52. The molecule has 0 bridgehead atoms. The number of sulfone groups is 1. The minimum Gasteiger partial charge on any atom is -0.497 e. The lowest BCUT2D eigenvalue weighted by atomic mass is 10.0. The molecule has 8 heteroatoms. The Morgan fingerprint density at radius 1 is 1.30 bits per heavy atom. The fourth-order valence-corrected chi connectivity index (χ4v) is 6.38. The molecule has 2 N–H and O–H groups in total. The SMILES string of the molecule is COc1ccc([C@@H](CNC(=S)N[C@@]2(C)CCS(=O)(=O)C2)N2CCCC2)cc1. The van der Waals surface area contributed by atoms with Crippen LogP contribution in [0, 0.1) is 0 Å².